The van der Waals surface area contributed by atoms with Crippen molar-refractivity contribution in [3.8, 4) is 0 Å². The van der Waals surface area contributed by atoms with E-state index in [0.717, 1.165) is 41.3 Å². The lowest BCUT2D eigenvalue weighted by Gasteiger charge is -2.19. The highest BCUT2D eigenvalue weighted by Crippen LogP contribution is 2.31. The Labute approximate surface area is 204 Å². The van der Waals surface area contributed by atoms with E-state index in [0.29, 0.717) is 18.2 Å². The molecule has 10 heteroatoms. The minimum atomic E-state index is -0.148. The Hall–Kier alpha value is -4.21. The van der Waals surface area contributed by atoms with Crippen LogP contribution in [0.3, 0.4) is 0 Å². The summed E-state index contributed by atoms with van der Waals surface area (Å²) in [6.45, 7) is 5.48. The van der Waals surface area contributed by atoms with Gasteiger partial charge in [-0.3, -0.25) is 14.3 Å². The van der Waals surface area contributed by atoms with E-state index in [1.807, 2.05) is 38.1 Å². The van der Waals surface area contributed by atoms with Gasteiger partial charge in [-0.1, -0.05) is 18.2 Å². The second-order valence-corrected chi connectivity index (χ2v) is 8.64. The molecule has 0 fully saturated rings. The number of allylic oxidation sites excluding steroid dienone is 1. The van der Waals surface area contributed by atoms with Crippen molar-refractivity contribution >= 4 is 35.0 Å². The van der Waals surface area contributed by atoms with Gasteiger partial charge in [0, 0.05) is 50.3 Å². The maximum atomic E-state index is 11.9. The number of benzene rings is 1. The fourth-order valence-corrected chi connectivity index (χ4v) is 3.92. The first kappa shape index (κ1) is 23.9. The molecule has 35 heavy (non-hydrogen) atoms. The standard InChI is InChI=1S/C25H30N8O2/c1-5-7-22(34)28-19-9-6-8-18(12-19)14-32-11-10-21-17(2)27-25(30-24(21)32)29-20-13-26-33(15-20)16-23(35)31(3)4/h5-9,12-13,15H,10-11,14,16H2,1-4H3,(H,28,34)(H,27,29,30)/b7-5+. The van der Waals surface area contributed by atoms with Crippen molar-refractivity contribution in [3.05, 3.63) is 65.6 Å². The molecule has 0 radical (unpaired) electrons. The summed E-state index contributed by atoms with van der Waals surface area (Å²) >= 11 is 0. The third-order valence-corrected chi connectivity index (χ3v) is 5.69. The second-order valence-electron chi connectivity index (χ2n) is 8.64. The van der Waals surface area contributed by atoms with Gasteiger partial charge in [-0.2, -0.15) is 10.1 Å². The zero-order chi connectivity index (χ0) is 24.9. The highest BCUT2D eigenvalue weighted by molar-refractivity contribution is 5.99. The molecule has 2 N–H and O–H groups in total. The number of anilines is 4. The summed E-state index contributed by atoms with van der Waals surface area (Å²) in [5.41, 5.74) is 4.62. The largest absolute Gasteiger partial charge is 0.352 e. The molecule has 3 heterocycles. The maximum absolute atomic E-state index is 11.9. The van der Waals surface area contributed by atoms with Gasteiger partial charge in [-0.25, -0.2) is 4.98 Å². The Balaban J connectivity index is 1.48. The quantitative estimate of drug-likeness (QED) is 0.483. The smallest absolute Gasteiger partial charge is 0.248 e. The zero-order valence-electron chi connectivity index (χ0n) is 20.4. The van der Waals surface area contributed by atoms with Gasteiger partial charge in [0.05, 0.1) is 11.9 Å². The SMILES string of the molecule is C/C=C/C(=O)Nc1cccc(CN2CCc3c(C)nc(Nc4cnn(CC(=O)N(C)C)c4)nc32)c1. The van der Waals surface area contributed by atoms with Crippen molar-refractivity contribution in [2.24, 2.45) is 0 Å². The molecule has 3 aromatic rings. The van der Waals surface area contributed by atoms with Crippen LogP contribution in [-0.4, -0.2) is 57.1 Å². The van der Waals surface area contributed by atoms with Crippen LogP contribution in [0.25, 0.3) is 0 Å². The van der Waals surface area contributed by atoms with Crippen molar-refractivity contribution in [1.29, 1.82) is 0 Å². The molecule has 2 amide bonds. The predicted molar refractivity (Wildman–Crippen MR) is 136 cm³/mol. The normalized spacial score (nSPS) is 12.6. The lowest BCUT2D eigenvalue weighted by Crippen LogP contribution is -2.26. The highest BCUT2D eigenvalue weighted by Gasteiger charge is 2.24. The molecule has 4 rings (SSSR count). The van der Waals surface area contributed by atoms with E-state index in [9.17, 15) is 9.59 Å². The van der Waals surface area contributed by atoms with Crippen LogP contribution in [0.1, 0.15) is 23.7 Å². The number of hydrogen-bond donors (Lipinski definition) is 2. The summed E-state index contributed by atoms with van der Waals surface area (Å²) in [4.78, 5) is 37.0. The van der Waals surface area contributed by atoms with Gasteiger partial charge >= 0.3 is 0 Å². The number of likely N-dealkylation sites (N-methyl/N-ethyl adjacent to an activating group) is 1. The van der Waals surface area contributed by atoms with Crippen LogP contribution in [-0.2, 0) is 29.1 Å². The van der Waals surface area contributed by atoms with Crippen molar-refractivity contribution in [3.63, 3.8) is 0 Å². The molecule has 182 valence electrons. The summed E-state index contributed by atoms with van der Waals surface area (Å²) in [7, 11) is 3.43. The molecule has 0 bridgehead atoms. The molecule has 1 aliphatic heterocycles. The van der Waals surface area contributed by atoms with E-state index in [4.69, 9.17) is 4.98 Å². The first-order chi connectivity index (χ1) is 16.8. The number of carbonyl (C=O) groups is 2. The summed E-state index contributed by atoms with van der Waals surface area (Å²) in [6.07, 6.45) is 7.51. The van der Waals surface area contributed by atoms with E-state index in [1.165, 1.54) is 11.0 Å². The van der Waals surface area contributed by atoms with Crippen molar-refractivity contribution in [1.82, 2.24) is 24.6 Å². The molecule has 0 unspecified atom stereocenters. The molecule has 1 aliphatic rings. The topological polar surface area (TPSA) is 108 Å². The molecule has 0 saturated heterocycles. The third kappa shape index (κ3) is 5.84. The average Bonchev–Trinajstić information content (AvgIpc) is 3.41. The number of hydrogen-bond acceptors (Lipinski definition) is 7. The fraction of sp³-hybridized carbons (Fsp3) is 0.320. The molecular formula is C25H30N8O2. The summed E-state index contributed by atoms with van der Waals surface area (Å²) in [6, 6.07) is 7.84. The maximum Gasteiger partial charge on any atom is 0.248 e. The molecule has 0 spiro atoms. The zero-order valence-corrected chi connectivity index (χ0v) is 20.4. The van der Waals surface area contributed by atoms with Crippen LogP contribution in [0.15, 0.2) is 48.8 Å². The first-order valence-corrected chi connectivity index (χ1v) is 11.5. The van der Waals surface area contributed by atoms with E-state index >= 15 is 0 Å². The number of nitrogens with one attached hydrogen (secondary N) is 2. The van der Waals surface area contributed by atoms with Crippen molar-refractivity contribution in [2.45, 2.75) is 33.4 Å². The van der Waals surface area contributed by atoms with E-state index < -0.39 is 0 Å². The monoisotopic (exact) mass is 474 g/mol. The molecule has 0 atom stereocenters. The van der Waals surface area contributed by atoms with Gasteiger partial charge in [0.25, 0.3) is 0 Å². The molecule has 0 saturated carbocycles. The molecule has 2 aromatic heterocycles. The Morgan fingerprint density at radius 1 is 1.20 bits per heavy atom. The molecule has 1 aromatic carbocycles. The lowest BCUT2D eigenvalue weighted by molar-refractivity contribution is -0.129. The number of carbonyl (C=O) groups excluding carboxylic acids is 2. The minimum Gasteiger partial charge on any atom is -0.352 e. The van der Waals surface area contributed by atoms with Crippen molar-refractivity contribution < 1.29 is 9.59 Å². The number of fused-ring (bicyclic) bond motifs is 1. The number of rotatable bonds is 8. The Kier molecular flexibility index (Phi) is 7.09. The van der Waals surface area contributed by atoms with Crippen molar-refractivity contribution in [2.75, 3.05) is 36.2 Å². The highest BCUT2D eigenvalue weighted by atomic mass is 16.2. The van der Waals surface area contributed by atoms with E-state index in [2.05, 4.69) is 25.6 Å². The number of aryl methyl sites for hydroxylation is 1. The summed E-state index contributed by atoms with van der Waals surface area (Å²) < 4.78 is 1.58. The minimum absolute atomic E-state index is 0.0367. The van der Waals surface area contributed by atoms with E-state index in [1.54, 1.807) is 37.2 Å². The van der Waals surface area contributed by atoms with Crippen LogP contribution in [0, 0.1) is 6.92 Å². The van der Waals surface area contributed by atoms with Gasteiger partial charge in [0.1, 0.15) is 12.4 Å². The Bertz CT molecular complexity index is 1260. The molecule has 10 nitrogen and oxygen atoms in total. The fourth-order valence-electron chi connectivity index (χ4n) is 3.92. The van der Waals surface area contributed by atoms with Gasteiger partial charge in [0.15, 0.2) is 0 Å². The van der Waals surface area contributed by atoms with Gasteiger partial charge in [-0.05, 0) is 44.0 Å². The van der Waals surface area contributed by atoms with Crippen LogP contribution < -0.4 is 15.5 Å². The van der Waals surface area contributed by atoms with Crippen LogP contribution >= 0.6 is 0 Å². The number of aromatic nitrogens is 4. The van der Waals surface area contributed by atoms with Crippen LogP contribution in [0.4, 0.5) is 23.1 Å². The molecule has 0 aliphatic carbocycles. The number of nitrogens with zero attached hydrogens (tertiary/aromatic N) is 6. The van der Waals surface area contributed by atoms with Gasteiger partial charge in [-0.15, -0.1) is 0 Å². The van der Waals surface area contributed by atoms with E-state index in [-0.39, 0.29) is 18.4 Å². The van der Waals surface area contributed by atoms with Crippen LogP contribution in [0.2, 0.25) is 0 Å². The summed E-state index contributed by atoms with van der Waals surface area (Å²) in [5.74, 6) is 1.20. The van der Waals surface area contributed by atoms with Gasteiger partial charge < -0.3 is 20.4 Å². The Morgan fingerprint density at radius 2 is 2.03 bits per heavy atom. The Morgan fingerprint density at radius 3 is 2.80 bits per heavy atom. The van der Waals surface area contributed by atoms with Crippen LogP contribution in [0.5, 0.6) is 0 Å². The third-order valence-electron chi connectivity index (χ3n) is 5.69. The lowest BCUT2D eigenvalue weighted by atomic mass is 10.2. The predicted octanol–water partition coefficient (Wildman–Crippen LogP) is 2.89. The first-order valence-electron chi connectivity index (χ1n) is 11.5. The van der Waals surface area contributed by atoms with Gasteiger partial charge in [0.2, 0.25) is 17.8 Å². The summed E-state index contributed by atoms with van der Waals surface area (Å²) in [5, 5.41) is 10.3. The average molecular weight is 475 g/mol. The molecular weight excluding hydrogens is 444 g/mol. The number of amides is 2. The second kappa shape index (κ2) is 10.4.